The van der Waals surface area contributed by atoms with Crippen molar-refractivity contribution in [3.05, 3.63) is 24.0 Å². The normalized spacial score (nSPS) is 20.6. The topological polar surface area (TPSA) is 62.3 Å². The van der Waals surface area contributed by atoms with E-state index in [0.717, 1.165) is 11.3 Å². The SMILES string of the molecule is Cc1ccncc1N1CCC(=O)NC(C(C)(C)C)C1=O. The largest absolute Gasteiger partial charge is 0.344 e. The smallest absolute Gasteiger partial charge is 0.250 e. The van der Waals surface area contributed by atoms with Gasteiger partial charge in [-0.3, -0.25) is 14.6 Å². The summed E-state index contributed by atoms with van der Waals surface area (Å²) >= 11 is 0. The van der Waals surface area contributed by atoms with Gasteiger partial charge in [-0.15, -0.1) is 0 Å². The van der Waals surface area contributed by atoms with Crippen LogP contribution < -0.4 is 10.2 Å². The number of aryl methyl sites for hydroxylation is 1. The van der Waals surface area contributed by atoms with E-state index in [1.165, 1.54) is 0 Å². The number of anilines is 1. The Morgan fingerprint density at radius 1 is 1.35 bits per heavy atom. The van der Waals surface area contributed by atoms with Crippen molar-refractivity contribution in [3.63, 3.8) is 0 Å². The molecule has 1 fully saturated rings. The summed E-state index contributed by atoms with van der Waals surface area (Å²) in [5.74, 6) is -0.151. The number of nitrogens with one attached hydrogen (secondary N) is 1. The zero-order valence-electron chi connectivity index (χ0n) is 12.4. The molecule has 1 aromatic rings. The molecule has 0 saturated carbocycles. The standard InChI is InChI=1S/C15H21N3O2/c1-10-5-7-16-9-11(10)18-8-6-12(19)17-13(14(18)20)15(2,3)4/h5,7,9,13H,6,8H2,1-4H3,(H,17,19). The molecule has 1 N–H and O–H groups in total. The fourth-order valence-electron chi connectivity index (χ4n) is 2.34. The molecule has 2 heterocycles. The molecule has 1 saturated heterocycles. The van der Waals surface area contributed by atoms with Crippen LogP contribution in [0.15, 0.2) is 18.5 Å². The first kappa shape index (κ1) is 14.5. The molecule has 20 heavy (non-hydrogen) atoms. The number of carbonyl (C=O) groups is 2. The fourth-order valence-corrected chi connectivity index (χ4v) is 2.34. The summed E-state index contributed by atoms with van der Waals surface area (Å²) in [4.78, 5) is 30.4. The van der Waals surface area contributed by atoms with Gasteiger partial charge in [-0.1, -0.05) is 20.8 Å². The minimum atomic E-state index is -0.517. The van der Waals surface area contributed by atoms with Gasteiger partial charge >= 0.3 is 0 Å². The van der Waals surface area contributed by atoms with Gasteiger partial charge in [0.1, 0.15) is 6.04 Å². The molecule has 0 spiro atoms. The zero-order chi connectivity index (χ0) is 14.9. The summed E-state index contributed by atoms with van der Waals surface area (Å²) in [6.07, 6.45) is 3.70. The van der Waals surface area contributed by atoms with Crippen LogP contribution in [0, 0.1) is 12.3 Å². The maximum atomic E-state index is 12.8. The number of rotatable bonds is 1. The Balaban J connectivity index is 2.41. The number of hydrogen-bond donors (Lipinski definition) is 1. The Morgan fingerprint density at radius 3 is 2.65 bits per heavy atom. The number of hydrogen-bond acceptors (Lipinski definition) is 3. The molecular weight excluding hydrogens is 254 g/mol. The van der Waals surface area contributed by atoms with Crippen molar-refractivity contribution in [2.24, 2.45) is 5.41 Å². The molecule has 0 aromatic carbocycles. The molecule has 108 valence electrons. The van der Waals surface area contributed by atoms with Gasteiger partial charge in [0.15, 0.2) is 0 Å². The predicted molar refractivity (Wildman–Crippen MR) is 77.3 cm³/mol. The lowest BCUT2D eigenvalue weighted by Gasteiger charge is -2.32. The van der Waals surface area contributed by atoms with E-state index in [4.69, 9.17) is 0 Å². The van der Waals surface area contributed by atoms with Crippen molar-refractivity contribution < 1.29 is 9.59 Å². The van der Waals surface area contributed by atoms with E-state index in [0.29, 0.717) is 13.0 Å². The summed E-state index contributed by atoms with van der Waals surface area (Å²) in [7, 11) is 0. The van der Waals surface area contributed by atoms with Gasteiger partial charge in [-0.05, 0) is 24.0 Å². The van der Waals surface area contributed by atoms with E-state index in [2.05, 4.69) is 10.3 Å². The predicted octanol–water partition coefficient (Wildman–Crippen LogP) is 1.66. The second-order valence-electron chi connectivity index (χ2n) is 6.27. The minimum Gasteiger partial charge on any atom is -0.344 e. The molecule has 0 aliphatic carbocycles. The summed E-state index contributed by atoms with van der Waals surface area (Å²) in [5, 5.41) is 2.84. The van der Waals surface area contributed by atoms with E-state index in [9.17, 15) is 9.59 Å². The molecule has 2 rings (SSSR count). The van der Waals surface area contributed by atoms with Gasteiger partial charge in [-0.25, -0.2) is 0 Å². The Kier molecular flexibility index (Phi) is 3.79. The highest BCUT2D eigenvalue weighted by atomic mass is 16.2. The zero-order valence-corrected chi connectivity index (χ0v) is 12.4. The summed E-state index contributed by atoms with van der Waals surface area (Å²) in [6.45, 7) is 8.20. The monoisotopic (exact) mass is 275 g/mol. The Bertz CT molecular complexity index is 534. The molecule has 1 aliphatic rings. The molecular formula is C15H21N3O2. The van der Waals surface area contributed by atoms with Crippen LogP contribution in [0.25, 0.3) is 0 Å². The molecule has 5 nitrogen and oxygen atoms in total. The summed E-state index contributed by atoms with van der Waals surface area (Å²) < 4.78 is 0. The average molecular weight is 275 g/mol. The van der Waals surface area contributed by atoms with Gasteiger partial charge < -0.3 is 10.2 Å². The molecule has 5 heteroatoms. The van der Waals surface area contributed by atoms with E-state index < -0.39 is 6.04 Å². The van der Waals surface area contributed by atoms with Crippen LogP contribution in [0.5, 0.6) is 0 Å². The third kappa shape index (κ3) is 2.81. The average Bonchev–Trinajstić information content (AvgIpc) is 2.50. The van der Waals surface area contributed by atoms with Crippen LogP contribution in [0.4, 0.5) is 5.69 Å². The number of pyridine rings is 1. The van der Waals surface area contributed by atoms with Crippen molar-refractivity contribution >= 4 is 17.5 Å². The van der Waals surface area contributed by atoms with E-state index >= 15 is 0 Å². The van der Waals surface area contributed by atoms with E-state index in [-0.39, 0.29) is 17.2 Å². The van der Waals surface area contributed by atoms with Crippen LogP contribution in [0.3, 0.4) is 0 Å². The molecule has 1 atom stereocenters. The van der Waals surface area contributed by atoms with Gasteiger partial charge in [0.2, 0.25) is 11.8 Å². The number of carbonyl (C=O) groups excluding carboxylic acids is 2. The second kappa shape index (κ2) is 5.23. The summed E-state index contributed by atoms with van der Waals surface area (Å²) in [5.41, 5.74) is 1.43. The maximum Gasteiger partial charge on any atom is 0.250 e. The van der Waals surface area contributed by atoms with Crippen molar-refractivity contribution in [1.29, 1.82) is 0 Å². The van der Waals surface area contributed by atoms with Gasteiger partial charge in [0, 0.05) is 19.2 Å². The van der Waals surface area contributed by atoms with Gasteiger partial charge in [-0.2, -0.15) is 0 Å². The quantitative estimate of drug-likeness (QED) is 0.848. The second-order valence-corrected chi connectivity index (χ2v) is 6.27. The number of nitrogens with zero attached hydrogens (tertiary/aromatic N) is 2. The number of aromatic nitrogens is 1. The molecule has 1 unspecified atom stereocenters. The first-order valence-electron chi connectivity index (χ1n) is 6.82. The third-order valence-corrected chi connectivity index (χ3v) is 3.55. The number of amides is 2. The van der Waals surface area contributed by atoms with Crippen molar-refractivity contribution in [1.82, 2.24) is 10.3 Å². The van der Waals surface area contributed by atoms with E-state index in [1.54, 1.807) is 17.3 Å². The van der Waals surface area contributed by atoms with Crippen LogP contribution in [-0.2, 0) is 9.59 Å². The van der Waals surface area contributed by atoms with Gasteiger partial charge in [0.05, 0.1) is 11.9 Å². The highest BCUT2D eigenvalue weighted by Gasteiger charge is 2.38. The van der Waals surface area contributed by atoms with E-state index in [1.807, 2.05) is 33.8 Å². The molecule has 0 radical (unpaired) electrons. The molecule has 1 aliphatic heterocycles. The first-order valence-corrected chi connectivity index (χ1v) is 6.82. The Labute approximate surface area is 119 Å². The van der Waals surface area contributed by atoms with Gasteiger partial charge in [0.25, 0.3) is 0 Å². The lowest BCUT2D eigenvalue weighted by molar-refractivity contribution is -0.127. The molecule has 2 amide bonds. The highest BCUT2D eigenvalue weighted by Crippen LogP contribution is 2.27. The maximum absolute atomic E-state index is 12.8. The Hall–Kier alpha value is -1.91. The van der Waals surface area contributed by atoms with Crippen molar-refractivity contribution in [3.8, 4) is 0 Å². The lowest BCUT2D eigenvalue weighted by atomic mass is 9.86. The Morgan fingerprint density at radius 2 is 2.05 bits per heavy atom. The fraction of sp³-hybridized carbons (Fsp3) is 0.533. The third-order valence-electron chi connectivity index (χ3n) is 3.55. The molecule has 1 aromatic heterocycles. The van der Waals surface area contributed by atoms with Crippen LogP contribution in [0.2, 0.25) is 0 Å². The van der Waals surface area contributed by atoms with Crippen LogP contribution in [-0.4, -0.2) is 29.4 Å². The van der Waals surface area contributed by atoms with Crippen molar-refractivity contribution in [2.45, 2.75) is 40.2 Å². The summed E-state index contributed by atoms with van der Waals surface area (Å²) in [6, 6.07) is 1.35. The minimum absolute atomic E-state index is 0.0700. The van der Waals surface area contributed by atoms with Crippen LogP contribution in [0.1, 0.15) is 32.8 Å². The van der Waals surface area contributed by atoms with Crippen molar-refractivity contribution in [2.75, 3.05) is 11.4 Å². The first-order chi connectivity index (χ1) is 9.30. The van der Waals surface area contributed by atoms with Crippen LogP contribution >= 0.6 is 0 Å². The highest BCUT2D eigenvalue weighted by molar-refractivity contribution is 6.02. The molecule has 0 bridgehead atoms. The lowest BCUT2D eigenvalue weighted by Crippen LogP contribution is -2.52.